The van der Waals surface area contributed by atoms with E-state index in [2.05, 4.69) is 120 Å². The molecular weight excluding hydrogens is 738 g/mol. The van der Waals surface area contributed by atoms with Crippen molar-refractivity contribution in [1.82, 2.24) is 4.98 Å². The van der Waals surface area contributed by atoms with Gasteiger partial charge in [0.1, 0.15) is 0 Å². The van der Waals surface area contributed by atoms with Gasteiger partial charge in [-0.1, -0.05) is 86.2 Å². The second kappa shape index (κ2) is 13.8. The minimum atomic E-state index is -0.0845. The third-order valence-corrected chi connectivity index (χ3v) is 7.47. The van der Waals surface area contributed by atoms with Crippen molar-refractivity contribution >= 4 is 11.4 Å². The molecule has 5 rings (SSSR count). The molecule has 0 bridgehead atoms. The summed E-state index contributed by atoms with van der Waals surface area (Å²) in [6.45, 7) is 21.1. The number of benzene rings is 3. The molecule has 0 spiro atoms. The van der Waals surface area contributed by atoms with Crippen molar-refractivity contribution < 1.29 is 30.5 Å². The zero-order valence-electron chi connectivity index (χ0n) is 28.3. The van der Waals surface area contributed by atoms with Crippen LogP contribution in [0.4, 0.5) is 11.4 Å². The van der Waals surface area contributed by atoms with E-state index in [0.29, 0.717) is 29.8 Å². The molecule has 0 unspecified atom stereocenters. The van der Waals surface area contributed by atoms with Gasteiger partial charge in [-0.25, -0.2) is 4.98 Å². The summed E-state index contributed by atoms with van der Waals surface area (Å²) in [5, 5.41) is 0. The second-order valence-electron chi connectivity index (χ2n) is 14.2. The Morgan fingerprint density at radius 1 is 0.667 bits per heavy atom. The van der Waals surface area contributed by atoms with Gasteiger partial charge < -0.3 is 26.7 Å². The van der Waals surface area contributed by atoms with Crippen molar-refractivity contribution in [3.63, 3.8) is 0 Å². The van der Waals surface area contributed by atoms with Crippen LogP contribution in [0, 0.1) is 25.0 Å². The molecule has 0 fully saturated rings. The van der Waals surface area contributed by atoms with E-state index < -0.39 is 0 Å². The van der Waals surface area contributed by atoms with Crippen molar-refractivity contribution in [2.24, 2.45) is 5.41 Å². The molecule has 45 heavy (non-hydrogen) atoms. The van der Waals surface area contributed by atoms with Crippen molar-refractivity contribution in [2.75, 3.05) is 16.5 Å². The average Bonchev–Trinajstić information content (AvgIpc) is 3.40. The molecule has 0 radical (unpaired) electrons. The Labute approximate surface area is 285 Å². The van der Waals surface area contributed by atoms with E-state index in [1.807, 2.05) is 48.5 Å². The number of hydrogen-bond acceptors (Lipinski definition) is 5. The fourth-order valence-electron chi connectivity index (χ4n) is 4.93. The van der Waals surface area contributed by atoms with Crippen LogP contribution < -0.4 is 19.3 Å². The molecular formula is C39H46N3O2Pt-3. The maximum absolute atomic E-state index is 6.22. The summed E-state index contributed by atoms with van der Waals surface area (Å²) >= 11 is 0. The van der Waals surface area contributed by atoms with Crippen molar-refractivity contribution in [3.05, 3.63) is 122 Å². The van der Waals surface area contributed by atoms with E-state index in [-0.39, 0.29) is 44.7 Å². The van der Waals surface area contributed by atoms with Gasteiger partial charge in [-0.15, -0.1) is 30.3 Å². The quantitative estimate of drug-likeness (QED) is 0.182. The molecule has 1 aliphatic heterocycles. The molecule has 0 saturated carbocycles. The molecule has 0 saturated heterocycles. The number of pyridine rings is 1. The largest absolute Gasteiger partial charge is 0.509 e. The molecule has 242 valence electrons. The maximum Gasteiger partial charge on any atom is 0.216 e. The molecule has 0 atom stereocenters. The monoisotopic (exact) mass is 783 g/mol. The molecule has 1 aromatic heterocycles. The molecule has 5 nitrogen and oxygen atoms in total. The minimum absolute atomic E-state index is 0. The van der Waals surface area contributed by atoms with Crippen LogP contribution in [0.15, 0.2) is 90.9 Å². The standard InChI is InChI=1S/C38H43N3O2.CH3.Pt/c1-36(2,3)27-20-28(37(4,5)6)22-30(21-27)40-25-34(38(7,8)9)41(26-40)29-14-12-15-31(23-29)42-32-16-13-17-33(24-32)43-35-18-10-11-19-39-35;;/h10-22,25H,26H2,1-9H3;1H3;/q-2;-1;. The molecule has 3 aromatic carbocycles. The van der Waals surface area contributed by atoms with Gasteiger partial charge in [-0.3, -0.25) is 0 Å². The van der Waals surface area contributed by atoms with Gasteiger partial charge in [0.15, 0.2) is 0 Å². The Morgan fingerprint density at radius 3 is 1.80 bits per heavy atom. The molecule has 0 amide bonds. The van der Waals surface area contributed by atoms with Crippen LogP contribution in [-0.2, 0) is 31.9 Å². The SMILES string of the molecule is CC(C)(C)C1=CN(c2cc(C(C)(C)C)cc(C(C)(C)C)c2)CN1c1[c-]c(Oc2[c-]c(Oc3ccccn3)ccc2)ccc1.[CH3-].[Pt]. The van der Waals surface area contributed by atoms with E-state index in [0.717, 1.165) is 5.69 Å². The third-order valence-electron chi connectivity index (χ3n) is 7.47. The summed E-state index contributed by atoms with van der Waals surface area (Å²) < 4.78 is 12.1. The van der Waals surface area contributed by atoms with Crippen molar-refractivity contribution in [3.8, 4) is 23.1 Å². The Balaban J connectivity index is 0.00000276. The first-order valence-electron chi connectivity index (χ1n) is 14.9. The van der Waals surface area contributed by atoms with Gasteiger partial charge in [-0.2, -0.15) is 12.1 Å². The van der Waals surface area contributed by atoms with Gasteiger partial charge >= 0.3 is 0 Å². The van der Waals surface area contributed by atoms with Crippen LogP contribution in [0.5, 0.6) is 23.1 Å². The molecule has 0 N–H and O–H groups in total. The summed E-state index contributed by atoms with van der Waals surface area (Å²) in [7, 11) is 0. The van der Waals surface area contributed by atoms with Gasteiger partial charge in [0.2, 0.25) is 5.88 Å². The average molecular weight is 784 g/mol. The predicted molar refractivity (Wildman–Crippen MR) is 183 cm³/mol. The number of hydrogen-bond donors (Lipinski definition) is 0. The molecule has 2 heterocycles. The first kappa shape index (κ1) is 35.9. The van der Waals surface area contributed by atoms with E-state index in [9.17, 15) is 0 Å². The number of allylic oxidation sites excluding steroid dienone is 1. The normalized spacial score (nSPS) is 13.5. The fourth-order valence-corrected chi connectivity index (χ4v) is 4.93. The first-order valence-corrected chi connectivity index (χ1v) is 14.9. The Kier molecular flexibility index (Phi) is 11.0. The van der Waals surface area contributed by atoms with E-state index in [1.165, 1.54) is 22.5 Å². The Hall–Kier alpha value is -3.56. The van der Waals surface area contributed by atoms with Crippen LogP contribution in [0.1, 0.15) is 73.4 Å². The molecule has 4 aromatic rings. The minimum Gasteiger partial charge on any atom is -0.509 e. The number of rotatable bonds is 6. The number of ether oxygens (including phenoxy) is 2. The van der Waals surface area contributed by atoms with E-state index in [4.69, 9.17) is 9.47 Å². The summed E-state index contributed by atoms with van der Waals surface area (Å²) in [6, 6.07) is 30.9. The zero-order valence-corrected chi connectivity index (χ0v) is 30.5. The smallest absolute Gasteiger partial charge is 0.216 e. The summed E-state index contributed by atoms with van der Waals surface area (Å²) in [4.78, 5) is 8.92. The van der Waals surface area contributed by atoms with E-state index in [1.54, 1.807) is 6.20 Å². The Morgan fingerprint density at radius 2 is 1.24 bits per heavy atom. The van der Waals surface area contributed by atoms with Gasteiger partial charge in [0.05, 0.1) is 6.67 Å². The van der Waals surface area contributed by atoms with Crippen molar-refractivity contribution in [1.29, 1.82) is 0 Å². The fraction of sp³-hybridized carbons (Fsp3) is 0.333. The number of anilines is 2. The predicted octanol–water partition coefficient (Wildman–Crippen LogP) is 10.5. The van der Waals surface area contributed by atoms with Crippen LogP contribution in [0.25, 0.3) is 0 Å². The van der Waals surface area contributed by atoms with E-state index >= 15 is 0 Å². The van der Waals surface area contributed by atoms with Crippen LogP contribution >= 0.6 is 0 Å². The number of nitrogens with zero attached hydrogens (tertiary/aromatic N) is 3. The summed E-state index contributed by atoms with van der Waals surface area (Å²) in [5.74, 6) is 2.20. The van der Waals surface area contributed by atoms with Crippen LogP contribution in [0.3, 0.4) is 0 Å². The van der Waals surface area contributed by atoms with Crippen LogP contribution in [0.2, 0.25) is 0 Å². The second-order valence-corrected chi connectivity index (χ2v) is 14.2. The van der Waals surface area contributed by atoms with Gasteiger partial charge in [0.25, 0.3) is 0 Å². The summed E-state index contributed by atoms with van der Waals surface area (Å²) in [6.07, 6.45) is 3.99. The molecule has 1 aliphatic rings. The number of aromatic nitrogens is 1. The van der Waals surface area contributed by atoms with Crippen molar-refractivity contribution in [2.45, 2.75) is 73.1 Å². The molecule has 6 heteroatoms. The van der Waals surface area contributed by atoms with Gasteiger partial charge in [0, 0.05) is 73.6 Å². The summed E-state index contributed by atoms with van der Waals surface area (Å²) in [5.41, 5.74) is 6.05. The topological polar surface area (TPSA) is 37.8 Å². The first-order chi connectivity index (χ1) is 20.2. The van der Waals surface area contributed by atoms with Crippen LogP contribution in [-0.4, -0.2) is 11.7 Å². The third kappa shape index (κ3) is 8.79. The zero-order chi connectivity index (χ0) is 31.0. The van der Waals surface area contributed by atoms with Gasteiger partial charge in [-0.05, 0) is 40.2 Å². The Bertz CT molecular complexity index is 1580. The maximum atomic E-state index is 6.22. The molecule has 0 aliphatic carbocycles.